The zero-order chi connectivity index (χ0) is 13.7. The summed E-state index contributed by atoms with van der Waals surface area (Å²) in [5.74, 6) is 0.969. The lowest BCUT2D eigenvalue weighted by Crippen LogP contribution is -2.05. The van der Waals surface area contributed by atoms with Crippen molar-refractivity contribution < 1.29 is 14.4 Å². The third-order valence-electron chi connectivity index (χ3n) is 2.78. The monoisotopic (exact) mass is 262 g/mol. The molecule has 0 fully saturated rings. The first kappa shape index (κ1) is 13.5. The molecule has 1 N–H and O–H groups in total. The topological polar surface area (TPSA) is 68.4 Å². The van der Waals surface area contributed by atoms with Crippen LogP contribution in [-0.4, -0.2) is 21.9 Å². The van der Waals surface area contributed by atoms with E-state index in [4.69, 9.17) is 9.26 Å². The number of hydrogen-bond acceptors (Lipinski definition) is 5. The Morgan fingerprint density at radius 3 is 2.79 bits per heavy atom. The van der Waals surface area contributed by atoms with Gasteiger partial charge in [-0.2, -0.15) is 4.98 Å². The highest BCUT2D eigenvalue weighted by molar-refractivity contribution is 5.61. The lowest BCUT2D eigenvalue weighted by molar-refractivity contribution is 0.0478. The van der Waals surface area contributed by atoms with E-state index in [0.29, 0.717) is 23.9 Å². The highest BCUT2D eigenvalue weighted by atomic mass is 16.5. The molecule has 1 unspecified atom stereocenters. The molecule has 0 aliphatic carbocycles. The normalized spacial score (nSPS) is 12.5. The molecule has 0 aliphatic rings. The molecule has 1 aromatic carbocycles. The summed E-state index contributed by atoms with van der Waals surface area (Å²) in [6.07, 6.45) is 1.66. The summed E-state index contributed by atoms with van der Waals surface area (Å²) >= 11 is 0. The molecule has 5 nitrogen and oxygen atoms in total. The number of para-hydroxylation sites is 1. The highest BCUT2D eigenvalue weighted by Crippen LogP contribution is 2.29. The number of hydrogen-bond donors (Lipinski definition) is 1. The molecule has 5 heteroatoms. The minimum Gasteiger partial charge on any atom is -0.507 e. The Kier molecular flexibility index (Phi) is 4.52. The Hall–Kier alpha value is -1.88. The predicted octanol–water partition coefficient (Wildman–Crippen LogP) is 3.32. The molecule has 0 amide bonds. The minimum atomic E-state index is -0.154. The smallest absolute Gasteiger partial charge is 0.261 e. The molecular weight excluding hydrogens is 244 g/mol. The summed E-state index contributed by atoms with van der Waals surface area (Å²) in [7, 11) is 0. The standard InChI is InChI=1S/C14H18N2O3/c1-3-7-12(18-4-2)13-15-14(19-16-13)10-8-5-6-9-11(10)17/h5-6,8-9,12,17H,3-4,7H2,1-2H3. The molecule has 0 spiro atoms. The number of phenolic OH excluding ortho intramolecular Hbond substituents is 1. The summed E-state index contributed by atoms with van der Waals surface area (Å²) in [6.45, 7) is 4.62. The van der Waals surface area contributed by atoms with E-state index in [2.05, 4.69) is 17.1 Å². The van der Waals surface area contributed by atoms with Crippen molar-refractivity contribution in [3.8, 4) is 17.2 Å². The van der Waals surface area contributed by atoms with Crippen molar-refractivity contribution in [3.05, 3.63) is 30.1 Å². The first-order valence-corrected chi connectivity index (χ1v) is 6.49. The van der Waals surface area contributed by atoms with E-state index in [1.54, 1.807) is 18.2 Å². The van der Waals surface area contributed by atoms with E-state index in [1.807, 2.05) is 13.0 Å². The van der Waals surface area contributed by atoms with Crippen molar-refractivity contribution in [2.24, 2.45) is 0 Å². The van der Waals surface area contributed by atoms with Crippen LogP contribution >= 0.6 is 0 Å². The van der Waals surface area contributed by atoms with Gasteiger partial charge in [-0.05, 0) is 25.5 Å². The van der Waals surface area contributed by atoms with Gasteiger partial charge in [-0.25, -0.2) is 0 Å². The number of aromatic nitrogens is 2. The molecule has 0 saturated carbocycles. The average molecular weight is 262 g/mol. The van der Waals surface area contributed by atoms with E-state index >= 15 is 0 Å². The summed E-state index contributed by atoms with van der Waals surface area (Å²) < 4.78 is 10.8. The van der Waals surface area contributed by atoms with Gasteiger partial charge in [-0.3, -0.25) is 0 Å². The van der Waals surface area contributed by atoms with Crippen LogP contribution in [0.4, 0.5) is 0 Å². The second-order valence-electron chi connectivity index (χ2n) is 4.21. The fraction of sp³-hybridized carbons (Fsp3) is 0.429. The SMILES string of the molecule is CCCC(OCC)c1noc(-c2ccccc2O)n1. The lowest BCUT2D eigenvalue weighted by Gasteiger charge is -2.11. The minimum absolute atomic E-state index is 0.126. The number of aromatic hydroxyl groups is 1. The van der Waals surface area contributed by atoms with Crippen LogP contribution < -0.4 is 0 Å². The molecule has 1 heterocycles. The number of nitrogens with zero attached hydrogens (tertiary/aromatic N) is 2. The van der Waals surface area contributed by atoms with Gasteiger partial charge in [0.05, 0.1) is 5.56 Å². The van der Waals surface area contributed by atoms with E-state index in [9.17, 15) is 5.11 Å². The number of rotatable bonds is 6. The second kappa shape index (κ2) is 6.33. The van der Waals surface area contributed by atoms with Gasteiger partial charge in [0, 0.05) is 6.61 Å². The molecule has 1 atom stereocenters. The Labute approximate surface area is 112 Å². The molecule has 0 radical (unpaired) electrons. The molecule has 0 bridgehead atoms. The van der Waals surface area contributed by atoms with Crippen molar-refractivity contribution in [1.82, 2.24) is 10.1 Å². The molecule has 0 saturated heterocycles. The van der Waals surface area contributed by atoms with E-state index in [0.717, 1.165) is 12.8 Å². The molecule has 102 valence electrons. The maximum atomic E-state index is 9.76. The Bertz CT molecular complexity index is 519. The maximum absolute atomic E-state index is 9.76. The Morgan fingerprint density at radius 2 is 2.11 bits per heavy atom. The highest BCUT2D eigenvalue weighted by Gasteiger charge is 2.19. The van der Waals surface area contributed by atoms with Crippen LogP contribution in [0.25, 0.3) is 11.5 Å². The lowest BCUT2D eigenvalue weighted by atomic mass is 10.2. The summed E-state index contributed by atoms with van der Waals surface area (Å²) in [6, 6.07) is 6.88. The van der Waals surface area contributed by atoms with Gasteiger partial charge >= 0.3 is 0 Å². The average Bonchev–Trinajstić information content (AvgIpc) is 2.88. The predicted molar refractivity (Wildman–Crippen MR) is 70.7 cm³/mol. The van der Waals surface area contributed by atoms with Crippen LogP contribution in [0, 0.1) is 0 Å². The molecule has 19 heavy (non-hydrogen) atoms. The van der Waals surface area contributed by atoms with Gasteiger partial charge in [0.2, 0.25) is 5.82 Å². The van der Waals surface area contributed by atoms with E-state index in [-0.39, 0.29) is 11.9 Å². The van der Waals surface area contributed by atoms with Crippen molar-refractivity contribution in [3.63, 3.8) is 0 Å². The third kappa shape index (κ3) is 3.12. The maximum Gasteiger partial charge on any atom is 0.261 e. The van der Waals surface area contributed by atoms with Crippen molar-refractivity contribution in [2.45, 2.75) is 32.8 Å². The summed E-state index contributed by atoms with van der Waals surface area (Å²) in [4.78, 5) is 4.32. The van der Waals surface area contributed by atoms with Gasteiger partial charge in [0.25, 0.3) is 5.89 Å². The fourth-order valence-corrected chi connectivity index (χ4v) is 1.88. The van der Waals surface area contributed by atoms with Crippen LogP contribution in [-0.2, 0) is 4.74 Å². The van der Waals surface area contributed by atoms with Gasteiger partial charge in [0.15, 0.2) is 0 Å². The largest absolute Gasteiger partial charge is 0.507 e. The van der Waals surface area contributed by atoms with Crippen LogP contribution in [0.5, 0.6) is 5.75 Å². The van der Waals surface area contributed by atoms with Gasteiger partial charge < -0.3 is 14.4 Å². The fourth-order valence-electron chi connectivity index (χ4n) is 1.88. The zero-order valence-corrected chi connectivity index (χ0v) is 11.2. The Morgan fingerprint density at radius 1 is 1.32 bits per heavy atom. The van der Waals surface area contributed by atoms with Gasteiger partial charge in [-0.1, -0.05) is 30.6 Å². The number of benzene rings is 1. The third-order valence-corrected chi connectivity index (χ3v) is 2.78. The summed E-state index contributed by atoms with van der Waals surface area (Å²) in [5.41, 5.74) is 0.535. The van der Waals surface area contributed by atoms with Crippen molar-refractivity contribution in [2.75, 3.05) is 6.61 Å². The summed E-state index contributed by atoms with van der Waals surface area (Å²) in [5, 5.41) is 13.7. The van der Waals surface area contributed by atoms with Crippen LogP contribution in [0.2, 0.25) is 0 Å². The van der Waals surface area contributed by atoms with Crippen LogP contribution in [0.3, 0.4) is 0 Å². The van der Waals surface area contributed by atoms with E-state index < -0.39 is 0 Å². The molecule has 0 aliphatic heterocycles. The molecule has 2 rings (SSSR count). The second-order valence-corrected chi connectivity index (χ2v) is 4.21. The first-order valence-electron chi connectivity index (χ1n) is 6.49. The zero-order valence-electron chi connectivity index (χ0n) is 11.2. The van der Waals surface area contributed by atoms with Crippen LogP contribution in [0.15, 0.2) is 28.8 Å². The quantitative estimate of drug-likeness (QED) is 0.864. The van der Waals surface area contributed by atoms with E-state index in [1.165, 1.54) is 0 Å². The van der Waals surface area contributed by atoms with Gasteiger partial charge in [0.1, 0.15) is 11.9 Å². The number of ether oxygens (including phenoxy) is 1. The molecule has 2 aromatic rings. The molecular formula is C14H18N2O3. The van der Waals surface area contributed by atoms with Crippen molar-refractivity contribution in [1.29, 1.82) is 0 Å². The van der Waals surface area contributed by atoms with Crippen molar-refractivity contribution >= 4 is 0 Å². The number of phenols is 1. The Balaban J connectivity index is 2.25. The van der Waals surface area contributed by atoms with Gasteiger partial charge in [-0.15, -0.1) is 0 Å². The first-order chi connectivity index (χ1) is 9.26. The molecule has 1 aromatic heterocycles. The van der Waals surface area contributed by atoms with Crippen LogP contribution in [0.1, 0.15) is 38.6 Å².